The summed E-state index contributed by atoms with van der Waals surface area (Å²) in [5.41, 5.74) is 5.30. The van der Waals surface area contributed by atoms with Crippen LogP contribution in [-0.2, 0) is 10.8 Å². The lowest BCUT2D eigenvalue weighted by Gasteiger charge is -2.26. The number of aryl methyl sites for hydroxylation is 1. The van der Waals surface area contributed by atoms with Crippen molar-refractivity contribution in [2.45, 2.75) is 58.3 Å². The van der Waals surface area contributed by atoms with Crippen molar-refractivity contribution in [3.8, 4) is 0 Å². The van der Waals surface area contributed by atoms with Gasteiger partial charge in [0, 0.05) is 0 Å². The number of rotatable bonds is 1. The highest BCUT2D eigenvalue weighted by molar-refractivity contribution is 5.46. The van der Waals surface area contributed by atoms with Crippen LogP contribution in [0.2, 0.25) is 0 Å². The van der Waals surface area contributed by atoms with Crippen LogP contribution in [0.5, 0.6) is 0 Å². The van der Waals surface area contributed by atoms with Crippen molar-refractivity contribution in [2.24, 2.45) is 0 Å². The molecule has 0 N–H and O–H groups in total. The van der Waals surface area contributed by atoms with Crippen molar-refractivity contribution in [3.05, 3.63) is 34.9 Å². The lowest BCUT2D eigenvalue weighted by molar-refractivity contribution is 0.366. The molecule has 0 aliphatic heterocycles. The predicted molar refractivity (Wildman–Crippen MR) is 66.5 cm³/mol. The molecular weight excluding hydrogens is 180 g/mol. The summed E-state index contributed by atoms with van der Waals surface area (Å²) >= 11 is 0. The first kappa shape index (κ1) is 10.7. The summed E-state index contributed by atoms with van der Waals surface area (Å²) < 4.78 is 0. The van der Waals surface area contributed by atoms with Crippen molar-refractivity contribution in [2.75, 3.05) is 0 Å². The highest BCUT2D eigenvalue weighted by atomic mass is 14.5. The van der Waals surface area contributed by atoms with Crippen molar-refractivity contribution < 1.29 is 0 Å². The van der Waals surface area contributed by atoms with Gasteiger partial charge in [0.2, 0.25) is 0 Å². The molecule has 0 radical (unpaired) electrons. The maximum atomic E-state index is 2.42. The summed E-state index contributed by atoms with van der Waals surface area (Å²) in [4.78, 5) is 0. The lowest BCUT2D eigenvalue weighted by atomic mass is 9.78. The van der Waals surface area contributed by atoms with Crippen LogP contribution >= 0.6 is 0 Å². The molecule has 0 saturated heterocycles. The maximum Gasteiger partial charge on any atom is -0.00666 e. The Kier molecular flexibility index (Phi) is 2.22. The molecule has 1 aliphatic rings. The van der Waals surface area contributed by atoms with Crippen LogP contribution in [0.15, 0.2) is 18.2 Å². The highest BCUT2D eigenvalue weighted by Crippen LogP contribution is 2.51. The summed E-state index contributed by atoms with van der Waals surface area (Å²) in [6, 6.07) is 6.99. The normalized spacial score (nSPS) is 27.8. The van der Waals surface area contributed by atoms with Gasteiger partial charge in [-0.25, -0.2) is 0 Å². The minimum absolute atomic E-state index is 0.355. The van der Waals surface area contributed by atoms with Crippen molar-refractivity contribution in [1.82, 2.24) is 0 Å². The second-order valence-electron chi connectivity index (χ2n) is 6.02. The Morgan fingerprint density at radius 1 is 1.13 bits per heavy atom. The van der Waals surface area contributed by atoms with Gasteiger partial charge < -0.3 is 0 Å². The van der Waals surface area contributed by atoms with Crippen molar-refractivity contribution >= 4 is 0 Å². The molecule has 0 aromatic heterocycles. The van der Waals surface area contributed by atoms with Crippen LogP contribution in [0.1, 0.15) is 57.2 Å². The van der Waals surface area contributed by atoms with Gasteiger partial charge in [-0.15, -0.1) is 0 Å². The molecule has 2 rings (SSSR count). The number of fused-ring (bicyclic) bond motifs is 1. The average Bonchev–Trinajstić information content (AvgIpc) is 2.35. The van der Waals surface area contributed by atoms with E-state index in [1.54, 1.807) is 11.1 Å². The summed E-state index contributed by atoms with van der Waals surface area (Å²) in [7, 11) is 0. The van der Waals surface area contributed by atoms with Gasteiger partial charge in [-0.05, 0) is 41.7 Å². The van der Waals surface area contributed by atoms with E-state index in [0.29, 0.717) is 10.8 Å². The minimum atomic E-state index is 0.355. The smallest absolute Gasteiger partial charge is 0.00666 e. The SMILES string of the molecule is CC[C@@]1(C)CC(C)(C)c2ccc(C)cc21. The van der Waals surface area contributed by atoms with Crippen LogP contribution in [0.3, 0.4) is 0 Å². The largest absolute Gasteiger partial charge is 0.0645 e. The number of hydrogen-bond donors (Lipinski definition) is 0. The predicted octanol–water partition coefficient (Wildman–Crippen LogP) is 4.34. The van der Waals surface area contributed by atoms with Gasteiger partial charge in [-0.1, -0.05) is 51.5 Å². The number of hydrogen-bond acceptors (Lipinski definition) is 0. The first-order chi connectivity index (χ1) is 6.89. The lowest BCUT2D eigenvalue weighted by Crippen LogP contribution is -2.20. The second kappa shape index (κ2) is 3.10. The minimum Gasteiger partial charge on any atom is -0.0645 e. The molecule has 0 unspecified atom stereocenters. The van der Waals surface area contributed by atoms with Crippen LogP contribution in [-0.4, -0.2) is 0 Å². The van der Waals surface area contributed by atoms with E-state index in [1.165, 1.54) is 18.4 Å². The third kappa shape index (κ3) is 1.51. The standard InChI is InChI=1S/C15H22/c1-6-15(5)10-14(3,4)12-8-7-11(2)9-13(12)15/h7-9H,6,10H2,1-5H3/t15-/m0/s1. The molecule has 0 nitrogen and oxygen atoms in total. The van der Waals surface area contributed by atoms with E-state index in [1.807, 2.05) is 0 Å². The molecule has 15 heavy (non-hydrogen) atoms. The zero-order chi connectivity index (χ0) is 11.3. The molecule has 0 heteroatoms. The van der Waals surface area contributed by atoms with E-state index in [4.69, 9.17) is 0 Å². The monoisotopic (exact) mass is 202 g/mol. The van der Waals surface area contributed by atoms with Crippen molar-refractivity contribution in [1.29, 1.82) is 0 Å². The molecule has 1 atom stereocenters. The Bertz CT molecular complexity index is 387. The molecule has 0 fully saturated rings. The van der Waals surface area contributed by atoms with E-state index in [0.717, 1.165) is 0 Å². The molecule has 0 spiro atoms. The molecule has 0 amide bonds. The Hall–Kier alpha value is -0.780. The van der Waals surface area contributed by atoms with Crippen LogP contribution in [0.25, 0.3) is 0 Å². The van der Waals surface area contributed by atoms with E-state index < -0.39 is 0 Å². The third-order valence-corrected chi connectivity index (χ3v) is 4.17. The Morgan fingerprint density at radius 2 is 1.80 bits per heavy atom. The van der Waals surface area contributed by atoms with E-state index in [9.17, 15) is 0 Å². The molecule has 1 aromatic rings. The van der Waals surface area contributed by atoms with Crippen LogP contribution < -0.4 is 0 Å². The third-order valence-electron chi connectivity index (χ3n) is 4.17. The van der Waals surface area contributed by atoms with Crippen LogP contribution in [0, 0.1) is 6.92 Å². The fourth-order valence-corrected chi connectivity index (χ4v) is 3.23. The van der Waals surface area contributed by atoms with Crippen LogP contribution in [0.4, 0.5) is 0 Å². The molecule has 1 aliphatic carbocycles. The van der Waals surface area contributed by atoms with Gasteiger partial charge in [0.15, 0.2) is 0 Å². The van der Waals surface area contributed by atoms with Gasteiger partial charge in [0.25, 0.3) is 0 Å². The fourth-order valence-electron chi connectivity index (χ4n) is 3.23. The molecule has 1 aromatic carbocycles. The maximum absolute atomic E-state index is 2.42. The second-order valence-corrected chi connectivity index (χ2v) is 6.02. The Morgan fingerprint density at radius 3 is 2.40 bits per heavy atom. The first-order valence-electron chi connectivity index (χ1n) is 6.01. The molecule has 0 bridgehead atoms. The van der Waals surface area contributed by atoms with Crippen molar-refractivity contribution in [3.63, 3.8) is 0 Å². The summed E-state index contributed by atoms with van der Waals surface area (Å²) in [5, 5.41) is 0. The molecular formula is C15H22. The molecule has 0 heterocycles. The summed E-state index contributed by atoms with van der Waals surface area (Å²) in [5.74, 6) is 0. The molecule has 0 saturated carbocycles. The number of benzene rings is 1. The topological polar surface area (TPSA) is 0 Å². The van der Waals surface area contributed by atoms with Gasteiger partial charge in [-0.3, -0.25) is 0 Å². The average molecular weight is 202 g/mol. The van der Waals surface area contributed by atoms with E-state index in [2.05, 4.69) is 52.8 Å². The zero-order valence-electron chi connectivity index (χ0n) is 10.6. The quantitative estimate of drug-likeness (QED) is 0.635. The van der Waals surface area contributed by atoms with Gasteiger partial charge >= 0.3 is 0 Å². The Labute approximate surface area is 93.7 Å². The Balaban J connectivity index is 2.64. The summed E-state index contributed by atoms with van der Waals surface area (Å²) in [6.07, 6.45) is 2.53. The van der Waals surface area contributed by atoms with E-state index in [-0.39, 0.29) is 0 Å². The summed E-state index contributed by atoms with van der Waals surface area (Å²) in [6.45, 7) is 11.7. The van der Waals surface area contributed by atoms with Gasteiger partial charge in [0.05, 0.1) is 0 Å². The van der Waals surface area contributed by atoms with Gasteiger partial charge in [0.1, 0.15) is 0 Å². The highest BCUT2D eigenvalue weighted by Gasteiger charge is 2.43. The van der Waals surface area contributed by atoms with E-state index >= 15 is 0 Å². The molecule has 82 valence electrons. The zero-order valence-corrected chi connectivity index (χ0v) is 10.6. The van der Waals surface area contributed by atoms with Gasteiger partial charge in [-0.2, -0.15) is 0 Å². The first-order valence-corrected chi connectivity index (χ1v) is 6.01. The fraction of sp³-hybridized carbons (Fsp3) is 0.600.